The summed E-state index contributed by atoms with van der Waals surface area (Å²) in [4.78, 5) is 10.5. The first-order chi connectivity index (χ1) is 16.3. The molecule has 1 heterocycles. The minimum absolute atomic E-state index is 0.0286. The average Bonchev–Trinajstić information content (AvgIpc) is 3.15. The quantitative estimate of drug-likeness (QED) is 0.467. The van der Waals surface area contributed by atoms with E-state index in [0.717, 1.165) is 16.4 Å². The van der Waals surface area contributed by atoms with Crippen LogP contribution in [-0.4, -0.2) is 43.0 Å². The number of halogens is 4. The van der Waals surface area contributed by atoms with Crippen LogP contribution in [0.3, 0.4) is 0 Å². The van der Waals surface area contributed by atoms with Crippen molar-refractivity contribution in [3.05, 3.63) is 70.6 Å². The SMILES string of the molecule is C=C1CN(S(=O)(=O)c2ccc(C(F)(F)F)cc2C#N)C[C@@H]1Oc1cc(F)c(C#N)cc1CC(=O)O. The van der Waals surface area contributed by atoms with Gasteiger partial charge in [-0.15, -0.1) is 0 Å². The molecule has 3 rings (SSSR count). The van der Waals surface area contributed by atoms with E-state index >= 15 is 0 Å². The summed E-state index contributed by atoms with van der Waals surface area (Å²) >= 11 is 0. The molecule has 1 aliphatic rings. The first kappa shape index (κ1) is 25.7. The van der Waals surface area contributed by atoms with Gasteiger partial charge >= 0.3 is 12.1 Å². The zero-order valence-electron chi connectivity index (χ0n) is 17.6. The van der Waals surface area contributed by atoms with Crippen LogP contribution in [0.2, 0.25) is 0 Å². The molecule has 0 aliphatic carbocycles. The first-order valence-corrected chi connectivity index (χ1v) is 11.1. The molecule has 1 aliphatic heterocycles. The van der Waals surface area contributed by atoms with Gasteiger partial charge in [-0.25, -0.2) is 12.8 Å². The van der Waals surface area contributed by atoms with Gasteiger partial charge in [-0.2, -0.15) is 28.0 Å². The predicted molar refractivity (Wildman–Crippen MR) is 111 cm³/mol. The number of nitriles is 2. The van der Waals surface area contributed by atoms with Crippen LogP contribution in [0, 0.1) is 28.5 Å². The van der Waals surface area contributed by atoms with Crippen molar-refractivity contribution in [1.82, 2.24) is 4.31 Å². The van der Waals surface area contributed by atoms with Crippen LogP contribution in [0.15, 0.2) is 47.4 Å². The Hall–Kier alpha value is -3.94. The molecule has 13 heteroatoms. The summed E-state index contributed by atoms with van der Waals surface area (Å²) in [5.74, 6) is -2.50. The van der Waals surface area contributed by atoms with Crippen molar-refractivity contribution < 1.29 is 40.6 Å². The average molecular weight is 509 g/mol. The molecule has 0 unspecified atom stereocenters. The van der Waals surface area contributed by atoms with E-state index in [2.05, 4.69) is 6.58 Å². The van der Waals surface area contributed by atoms with Gasteiger partial charge < -0.3 is 9.84 Å². The lowest BCUT2D eigenvalue weighted by Crippen LogP contribution is -2.31. The van der Waals surface area contributed by atoms with Gasteiger partial charge in [0.15, 0.2) is 0 Å². The summed E-state index contributed by atoms with van der Waals surface area (Å²) in [6.07, 6.45) is -6.45. The number of aliphatic carboxylic acids is 1. The van der Waals surface area contributed by atoms with Gasteiger partial charge in [0.25, 0.3) is 0 Å². The highest BCUT2D eigenvalue weighted by Crippen LogP contribution is 2.34. The molecule has 0 radical (unpaired) electrons. The summed E-state index contributed by atoms with van der Waals surface area (Å²) < 4.78 is 85.7. The number of carboxylic acids is 1. The molecular formula is C22H15F4N3O5S. The molecule has 1 N–H and O–H groups in total. The molecular weight excluding hydrogens is 494 g/mol. The summed E-state index contributed by atoms with van der Waals surface area (Å²) in [5, 5.41) is 27.3. The Kier molecular flexibility index (Phi) is 6.87. The number of nitrogens with zero attached hydrogens (tertiary/aromatic N) is 3. The molecule has 0 bridgehead atoms. The Labute approximate surface area is 196 Å². The number of alkyl halides is 3. The third-order valence-corrected chi connectivity index (χ3v) is 7.00. The largest absolute Gasteiger partial charge is 0.484 e. The van der Waals surface area contributed by atoms with Crippen molar-refractivity contribution in [3.8, 4) is 17.9 Å². The van der Waals surface area contributed by atoms with Crippen molar-refractivity contribution in [2.24, 2.45) is 0 Å². The van der Waals surface area contributed by atoms with Crippen molar-refractivity contribution >= 4 is 16.0 Å². The zero-order valence-corrected chi connectivity index (χ0v) is 18.5. The Morgan fingerprint density at radius 1 is 1.20 bits per heavy atom. The van der Waals surface area contributed by atoms with E-state index in [1.807, 2.05) is 0 Å². The van der Waals surface area contributed by atoms with Crippen molar-refractivity contribution in [3.63, 3.8) is 0 Å². The van der Waals surface area contributed by atoms with Crippen LogP contribution in [0.5, 0.6) is 5.75 Å². The predicted octanol–water partition coefficient (Wildman–Crippen LogP) is 3.22. The third-order valence-electron chi connectivity index (χ3n) is 5.13. The second-order valence-electron chi connectivity index (χ2n) is 7.50. The van der Waals surface area contributed by atoms with E-state index in [9.17, 15) is 36.0 Å². The highest BCUT2D eigenvalue weighted by Gasteiger charge is 2.39. The summed E-state index contributed by atoms with van der Waals surface area (Å²) in [5.41, 5.74) is -2.12. The Bertz CT molecular complexity index is 1410. The topological polar surface area (TPSA) is 131 Å². The smallest absolute Gasteiger partial charge is 0.416 e. The van der Waals surface area contributed by atoms with Crippen LogP contribution in [0.4, 0.5) is 17.6 Å². The van der Waals surface area contributed by atoms with E-state index in [1.54, 1.807) is 6.07 Å². The Morgan fingerprint density at radius 3 is 2.43 bits per heavy atom. The van der Waals surface area contributed by atoms with Gasteiger partial charge in [-0.3, -0.25) is 4.79 Å². The van der Waals surface area contributed by atoms with Crippen molar-refractivity contribution in [2.45, 2.75) is 23.6 Å². The number of hydrogen-bond acceptors (Lipinski definition) is 6. The second-order valence-corrected chi connectivity index (χ2v) is 9.41. The van der Waals surface area contributed by atoms with Crippen molar-refractivity contribution in [2.75, 3.05) is 13.1 Å². The maximum atomic E-state index is 14.1. The maximum absolute atomic E-state index is 14.1. The van der Waals surface area contributed by atoms with Crippen LogP contribution in [0.1, 0.15) is 22.3 Å². The van der Waals surface area contributed by atoms with Gasteiger partial charge in [-0.1, -0.05) is 6.58 Å². The molecule has 0 spiro atoms. The van der Waals surface area contributed by atoms with Gasteiger partial charge in [0.05, 0.1) is 34.6 Å². The molecule has 0 aromatic heterocycles. The van der Waals surface area contributed by atoms with Crippen LogP contribution in [-0.2, 0) is 27.4 Å². The van der Waals surface area contributed by atoms with E-state index in [1.165, 1.54) is 6.07 Å². The number of sulfonamides is 1. The van der Waals surface area contributed by atoms with Gasteiger partial charge in [0.1, 0.15) is 29.8 Å². The summed E-state index contributed by atoms with van der Waals surface area (Å²) in [7, 11) is -4.46. The molecule has 1 fully saturated rings. The van der Waals surface area contributed by atoms with E-state index in [0.29, 0.717) is 18.2 Å². The lowest BCUT2D eigenvalue weighted by atomic mass is 10.1. The van der Waals surface area contributed by atoms with Gasteiger partial charge in [0, 0.05) is 18.2 Å². The van der Waals surface area contributed by atoms with Gasteiger partial charge in [-0.05, 0) is 29.8 Å². The van der Waals surface area contributed by atoms with E-state index in [4.69, 9.17) is 15.1 Å². The Morgan fingerprint density at radius 2 is 1.86 bits per heavy atom. The Balaban J connectivity index is 1.91. The van der Waals surface area contributed by atoms with Crippen LogP contribution >= 0.6 is 0 Å². The minimum atomic E-state index is -4.78. The standard InChI is InChI=1S/C22H15F4N3O5S/c1-12-10-29(35(32,33)20-3-2-16(22(24,25)26)5-15(20)9-28)11-19(12)34-18-7-17(23)14(8-27)4-13(18)6-21(30)31/h2-5,7,19H,1,6,10-11H2,(H,30,31)/t19-/m0/s1. The fourth-order valence-corrected chi connectivity index (χ4v) is 4.99. The number of ether oxygens (including phenoxy) is 1. The van der Waals surface area contributed by atoms with E-state index < -0.39 is 62.1 Å². The molecule has 0 saturated carbocycles. The fraction of sp³-hybridized carbons (Fsp3) is 0.227. The molecule has 0 amide bonds. The highest BCUT2D eigenvalue weighted by atomic mass is 32.2. The first-order valence-electron chi connectivity index (χ1n) is 9.68. The molecule has 1 atom stereocenters. The van der Waals surface area contributed by atoms with Crippen LogP contribution in [0.25, 0.3) is 0 Å². The lowest BCUT2D eigenvalue weighted by Gasteiger charge is -2.19. The monoisotopic (exact) mass is 509 g/mol. The van der Waals surface area contributed by atoms with Crippen LogP contribution < -0.4 is 4.74 Å². The number of benzene rings is 2. The third kappa shape index (κ3) is 5.26. The molecule has 2 aromatic rings. The number of carboxylic acid groups (broad SMARTS) is 1. The minimum Gasteiger partial charge on any atom is -0.484 e. The summed E-state index contributed by atoms with van der Waals surface area (Å²) in [6, 6.07) is 6.53. The summed E-state index contributed by atoms with van der Waals surface area (Å²) in [6.45, 7) is 3.02. The molecule has 1 saturated heterocycles. The molecule has 2 aromatic carbocycles. The normalized spacial score (nSPS) is 16.5. The van der Waals surface area contributed by atoms with Gasteiger partial charge in [0.2, 0.25) is 10.0 Å². The number of carbonyl (C=O) groups is 1. The molecule has 35 heavy (non-hydrogen) atoms. The zero-order chi connectivity index (χ0) is 26.1. The lowest BCUT2D eigenvalue weighted by molar-refractivity contribution is -0.138. The maximum Gasteiger partial charge on any atom is 0.416 e. The van der Waals surface area contributed by atoms with Crippen molar-refractivity contribution in [1.29, 1.82) is 10.5 Å². The van der Waals surface area contributed by atoms with E-state index in [-0.39, 0.29) is 30.0 Å². The number of hydrogen-bond donors (Lipinski definition) is 1. The molecule has 182 valence electrons. The number of rotatable bonds is 6. The second kappa shape index (κ2) is 9.37. The highest BCUT2D eigenvalue weighted by molar-refractivity contribution is 7.89. The fourth-order valence-electron chi connectivity index (χ4n) is 3.42. The molecule has 8 nitrogen and oxygen atoms in total.